The van der Waals surface area contributed by atoms with Gasteiger partial charge in [-0.2, -0.15) is 11.8 Å². The first-order valence-electron chi connectivity index (χ1n) is 8.52. The van der Waals surface area contributed by atoms with Crippen molar-refractivity contribution in [2.24, 2.45) is 5.92 Å². The van der Waals surface area contributed by atoms with Crippen molar-refractivity contribution < 1.29 is 4.79 Å². The van der Waals surface area contributed by atoms with Gasteiger partial charge in [0.15, 0.2) is 0 Å². The normalized spacial score (nSPS) is 26.9. The molecule has 0 aromatic rings. The van der Waals surface area contributed by atoms with Gasteiger partial charge in [0.1, 0.15) is 0 Å². The lowest BCUT2D eigenvalue weighted by Gasteiger charge is -2.33. The molecular weight excluding hydrogens is 282 g/mol. The Morgan fingerprint density at radius 2 is 2.24 bits per heavy atom. The number of thioether (sulfide) groups is 1. The molecule has 2 atom stereocenters. The molecule has 2 aliphatic heterocycles. The number of carbonyl (C=O) groups excluding carboxylic acids is 1. The molecule has 0 spiro atoms. The minimum atomic E-state index is 0.0660. The second-order valence-corrected chi connectivity index (χ2v) is 7.39. The van der Waals surface area contributed by atoms with Gasteiger partial charge in [0.25, 0.3) is 0 Å². The largest absolute Gasteiger partial charge is 0.354 e. The number of piperidine rings is 1. The predicted octanol–water partition coefficient (Wildman–Crippen LogP) is 1.71. The van der Waals surface area contributed by atoms with Crippen LogP contribution in [0.3, 0.4) is 0 Å². The summed E-state index contributed by atoms with van der Waals surface area (Å²) in [5, 5.41) is 6.43. The third kappa shape index (κ3) is 6.17. The summed E-state index contributed by atoms with van der Waals surface area (Å²) in [6.45, 7) is 5.49. The van der Waals surface area contributed by atoms with Gasteiger partial charge in [-0.3, -0.25) is 4.79 Å². The Bertz CT molecular complexity index is 308. The van der Waals surface area contributed by atoms with Crippen LogP contribution < -0.4 is 10.6 Å². The summed E-state index contributed by atoms with van der Waals surface area (Å²) in [5.41, 5.74) is 0. The highest BCUT2D eigenvalue weighted by Gasteiger charge is 2.24. The summed E-state index contributed by atoms with van der Waals surface area (Å²) < 4.78 is 0. The Labute approximate surface area is 133 Å². The molecule has 2 unspecified atom stereocenters. The van der Waals surface area contributed by atoms with Gasteiger partial charge in [0.2, 0.25) is 5.91 Å². The fraction of sp³-hybridized carbons (Fsp3) is 0.938. The van der Waals surface area contributed by atoms with Crippen molar-refractivity contribution in [3.05, 3.63) is 0 Å². The van der Waals surface area contributed by atoms with E-state index in [-0.39, 0.29) is 11.9 Å². The number of carbonyl (C=O) groups is 1. The average molecular weight is 314 g/mol. The number of hydrogen-bond acceptors (Lipinski definition) is 4. The highest BCUT2D eigenvalue weighted by Crippen LogP contribution is 2.16. The van der Waals surface area contributed by atoms with Gasteiger partial charge in [0, 0.05) is 13.1 Å². The average Bonchev–Trinajstić information content (AvgIpc) is 3.04. The minimum Gasteiger partial charge on any atom is -0.354 e. The van der Waals surface area contributed by atoms with Crippen molar-refractivity contribution in [2.75, 3.05) is 44.7 Å². The number of likely N-dealkylation sites (tertiary alicyclic amines) is 1. The van der Waals surface area contributed by atoms with Crippen LogP contribution in [0.5, 0.6) is 0 Å². The van der Waals surface area contributed by atoms with Gasteiger partial charge in [-0.25, -0.2) is 0 Å². The molecule has 122 valence electrons. The lowest BCUT2D eigenvalue weighted by Crippen LogP contribution is -2.45. The van der Waals surface area contributed by atoms with Crippen molar-refractivity contribution >= 4 is 17.7 Å². The van der Waals surface area contributed by atoms with Gasteiger partial charge >= 0.3 is 0 Å². The molecule has 0 saturated carbocycles. The Morgan fingerprint density at radius 3 is 3.00 bits per heavy atom. The van der Waals surface area contributed by atoms with Crippen LogP contribution in [-0.4, -0.2) is 61.6 Å². The van der Waals surface area contributed by atoms with E-state index in [9.17, 15) is 4.79 Å². The fourth-order valence-electron chi connectivity index (χ4n) is 3.38. The summed E-state index contributed by atoms with van der Waals surface area (Å²) in [6, 6.07) is 0.0660. The fourth-order valence-corrected chi connectivity index (χ4v) is 3.87. The topological polar surface area (TPSA) is 44.4 Å². The van der Waals surface area contributed by atoms with Gasteiger partial charge in [-0.05, 0) is 76.1 Å². The Balaban J connectivity index is 1.60. The van der Waals surface area contributed by atoms with E-state index in [0.29, 0.717) is 5.92 Å². The molecule has 0 aromatic carbocycles. The van der Waals surface area contributed by atoms with Crippen LogP contribution in [0.15, 0.2) is 0 Å². The summed E-state index contributed by atoms with van der Waals surface area (Å²) in [5.74, 6) is 2.14. The molecule has 0 radical (unpaired) electrons. The van der Waals surface area contributed by atoms with Crippen LogP contribution >= 0.6 is 11.8 Å². The van der Waals surface area contributed by atoms with Crippen LogP contribution in [0.2, 0.25) is 0 Å². The van der Waals surface area contributed by atoms with E-state index in [1.165, 1.54) is 44.5 Å². The highest BCUT2D eigenvalue weighted by atomic mass is 32.2. The quantitative estimate of drug-likeness (QED) is 0.670. The van der Waals surface area contributed by atoms with Crippen molar-refractivity contribution in [3.8, 4) is 0 Å². The number of unbranched alkanes of at least 4 members (excludes halogenated alkanes) is 1. The molecule has 0 aromatic heterocycles. The van der Waals surface area contributed by atoms with Gasteiger partial charge < -0.3 is 15.5 Å². The van der Waals surface area contributed by atoms with Crippen molar-refractivity contribution in [3.63, 3.8) is 0 Å². The molecule has 1 amide bonds. The summed E-state index contributed by atoms with van der Waals surface area (Å²) in [6.07, 6.45) is 9.49. The number of nitrogens with one attached hydrogen (secondary N) is 2. The standard InChI is InChI=1S/C16H31N3OS/c1-21-11-3-2-9-19-10-5-6-14(13-19)12-18-16(20)15-7-4-8-17-15/h14-15,17H,2-13H2,1H3,(H,18,20). The molecule has 0 aliphatic carbocycles. The zero-order valence-electron chi connectivity index (χ0n) is 13.4. The zero-order chi connectivity index (χ0) is 14.9. The van der Waals surface area contributed by atoms with E-state index in [1.54, 1.807) is 0 Å². The second kappa shape index (κ2) is 9.70. The molecule has 2 aliphatic rings. The van der Waals surface area contributed by atoms with Crippen molar-refractivity contribution in [2.45, 2.75) is 44.6 Å². The molecule has 2 fully saturated rings. The number of amides is 1. The SMILES string of the molecule is CSCCCCN1CCCC(CNC(=O)C2CCCN2)C1. The molecule has 0 bridgehead atoms. The molecule has 5 heteroatoms. The summed E-state index contributed by atoms with van der Waals surface area (Å²) >= 11 is 1.94. The van der Waals surface area contributed by atoms with Crippen LogP contribution in [0, 0.1) is 5.92 Å². The van der Waals surface area contributed by atoms with E-state index in [1.807, 2.05) is 11.8 Å². The zero-order valence-corrected chi connectivity index (χ0v) is 14.2. The molecule has 21 heavy (non-hydrogen) atoms. The Hall–Kier alpha value is -0.260. The van der Waals surface area contributed by atoms with E-state index in [2.05, 4.69) is 21.8 Å². The van der Waals surface area contributed by atoms with Gasteiger partial charge in [0.05, 0.1) is 6.04 Å². The molecule has 2 heterocycles. The van der Waals surface area contributed by atoms with E-state index in [4.69, 9.17) is 0 Å². The number of hydrogen-bond donors (Lipinski definition) is 2. The van der Waals surface area contributed by atoms with Crippen LogP contribution in [0.25, 0.3) is 0 Å². The van der Waals surface area contributed by atoms with Gasteiger partial charge in [-0.1, -0.05) is 0 Å². The first-order valence-corrected chi connectivity index (χ1v) is 9.91. The number of rotatable bonds is 8. The Morgan fingerprint density at radius 1 is 1.33 bits per heavy atom. The van der Waals surface area contributed by atoms with E-state index >= 15 is 0 Å². The lowest BCUT2D eigenvalue weighted by atomic mass is 9.97. The second-order valence-electron chi connectivity index (χ2n) is 6.40. The summed E-state index contributed by atoms with van der Waals surface area (Å²) in [7, 11) is 0. The first kappa shape index (κ1) is 17.1. The first-order chi connectivity index (χ1) is 10.3. The predicted molar refractivity (Wildman–Crippen MR) is 90.8 cm³/mol. The highest BCUT2D eigenvalue weighted by molar-refractivity contribution is 7.98. The van der Waals surface area contributed by atoms with E-state index in [0.717, 1.165) is 32.5 Å². The minimum absolute atomic E-state index is 0.0660. The molecule has 2 N–H and O–H groups in total. The maximum absolute atomic E-state index is 12.0. The van der Waals surface area contributed by atoms with Crippen LogP contribution in [0.4, 0.5) is 0 Å². The molecular formula is C16H31N3OS. The lowest BCUT2D eigenvalue weighted by molar-refractivity contribution is -0.123. The molecule has 2 saturated heterocycles. The van der Waals surface area contributed by atoms with Gasteiger partial charge in [-0.15, -0.1) is 0 Å². The third-order valence-corrected chi connectivity index (χ3v) is 5.31. The van der Waals surface area contributed by atoms with Crippen molar-refractivity contribution in [1.82, 2.24) is 15.5 Å². The number of nitrogens with zero attached hydrogens (tertiary/aromatic N) is 1. The molecule has 2 rings (SSSR count). The maximum atomic E-state index is 12.0. The smallest absolute Gasteiger partial charge is 0.237 e. The Kier molecular flexibility index (Phi) is 7.89. The molecule has 4 nitrogen and oxygen atoms in total. The summed E-state index contributed by atoms with van der Waals surface area (Å²) in [4.78, 5) is 14.6. The maximum Gasteiger partial charge on any atom is 0.237 e. The monoisotopic (exact) mass is 313 g/mol. The third-order valence-electron chi connectivity index (χ3n) is 4.62. The van der Waals surface area contributed by atoms with E-state index < -0.39 is 0 Å². The van der Waals surface area contributed by atoms with Crippen molar-refractivity contribution in [1.29, 1.82) is 0 Å². The van der Waals surface area contributed by atoms with Crippen LogP contribution in [-0.2, 0) is 4.79 Å². The van der Waals surface area contributed by atoms with Crippen LogP contribution in [0.1, 0.15) is 38.5 Å².